The molecule has 0 saturated carbocycles. The Morgan fingerprint density at radius 3 is 3.06 bits per heavy atom. The molecule has 104 valence electrons. The first-order valence-electron chi connectivity index (χ1n) is 7.34. The molecule has 0 aliphatic carbocycles. The SMILES string of the molecule is CC1CCNCC1CNC(=O)CCC1CCCO1. The summed E-state index contributed by atoms with van der Waals surface area (Å²) in [6, 6.07) is 0. The number of hydrogen-bond donors (Lipinski definition) is 2. The molecule has 4 nitrogen and oxygen atoms in total. The van der Waals surface area contributed by atoms with E-state index >= 15 is 0 Å². The van der Waals surface area contributed by atoms with Gasteiger partial charge in [-0.1, -0.05) is 6.92 Å². The third kappa shape index (κ3) is 4.25. The van der Waals surface area contributed by atoms with E-state index in [0.29, 0.717) is 24.4 Å². The average Bonchev–Trinajstić information content (AvgIpc) is 2.88. The summed E-state index contributed by atoms with van der Waals surface area (Å²) in [6.45, 7) is 6.12. The van der Waals surface area contributed by atoms with Gasteiger partial charge in [0.2, 0.25) is 5.91 Å². The third-order valence-corrected chi connectivity index (χ3v) is 4.27. The molecule has 0 aromatic heterocycles. The monoisotopic (exact) mass is 254 g/mol. The number of amides is 1. The van der Waals surface area contributed by atoms with Gasteiger partial charge in [-0.2, -0.15) is 0 Å². The van der Waals surface area contributed by atoms with Crippen LogP contribution in [-0.2, 0) is 9.53 Å². The number of ether oxygens (including phenoxy) is 1. The van der Waals surface area contributed by atoms with Gasteiger partial charge in [0.25, 0.3) is 0 Å². The first kappa shape index (κ1) is 13.8. The van der Waals surface area contributed by atoms with Crippen molar-refractivity contribution in [3.05, 3.63) is 0 Å². The molecule has 0 bridgehead atoms. The highest BCUT2D eigenvalue weighted by atomic mass is 16.5. The van der Waals surface area contributed by atoms with Gasteiger partial charge in [-0.3, -0.25) is 4.79 Å². The fourth-order valence-corrected chi connectivity index (χ4v) is 2.82. The molecular weight excluding hydrogens is 228 g/mol. The second-order valence-electron chi connectivity index (χ2n) is 5.71. The molecule has 0 radical (unpaired) electrons. The van der Waals surface area contributed by atoms with Crippen LogP contribution in [0.2, 0.25) is 0 Å². The molecule has 0 aromatic carbocycles. The quantitative estimate of drug-likeness (QED) is 0.777. The number of piperidine rings is 1. The molecule has 2 rings (SSSR count). The molecule has 2 aliphatic heterocycles. The smallest absolute Gasteiger partial charge is 0.220 e. The molecular formula is C14H26N2O2. The van der Waals surface area contributed by atoms with Crippen molar-refractivity contribution in [2.45, 2.75) is 45.1 Å². The van der Waals surface area contributed by atoms with Crippen LogP contribution < -0.4 is 10.6 Å². The topological polar surface area (TPSA) is 50.4 Å². The van der Waals surface area contributed by atoms with E-state index in [1.54, 1.807) is 0 Å². The number of nitrogens with one attached hydrogen (secondary N) is 2. The summed E-state index contributed by atoms with van der Waals surface area (Å²) in [5.41, 5.74) is 0. The average molecular weight is 254 g/mol. The zero-order valence-electron chi connectivity index (χ0n) is 11.4. The minimum Gasteiger partial charge on any atom is -0.378 e. The van der Waals surface area contributed by atoms with Crippen LogP contribution in [0.15, 0.2) is 0 Å². The largest absolute Gasteiger partial charge is 0.378 e. The van der Waals surface area contributed by atoms with Gasteiger partial charge in [-0.05, 0) is 50.6 Å². The zero-order chi connectivity index (χ0) is 12.8. The molecule has 0 aromatic rings. The second-order valence-corrected chi connectivity index (χ2v) is 5.71. The number of carbonyl (C=O) groups excluding carboxylic acids is 1. The Kier molecular flexibility index (Phi) is 5.45. The van der Waals surface area contributed by atoms with Crippen molar-refractivity contribution in [1.82, 2.24) is 10.6 Å². The van der Waals surface area contributed by atoms with Gasteiger partial charge >= 0.3 is 0 Å². The minimum absolute atomic E-state index is 0.184. The van der Waals surface area contributed by atoms with E-state index in [-0.39, 0.29) is 5.91 Å². The highest BCUT2D eigenvalue weighted by Crippen LogP contribution is 2.18. The van der Waals surface area contributed by atoms with Crippen molar-refractivity contribution in [2.75, 3.05) is 26.2 Å². The van der Waals surface area contributed by atoms with Crippen LogP contribution in [0.4, 0.5) is 0 Å². The lowest BCUT2D eigenvalue weighted by Gasteiger charge is -2.29. The van der Waals surface area contributed by atoms with Crippen molar-refractivity contribution in [1.29, 1.82) is 0 Å². The lowest BCUT2D eigenvalue weighted by Crippen LogP contribution is -2.42. The van der Waals surface area contributed by atoms with Crippen LogP contribution >= 0.6 is 0 Å². The summed E-state index contributed by atoms with van der Waals surface area (Å²) in [6.07, 6.45) is 5.31. The lowest BCUT2D eigenvalue weighted by atomic mass is 9.88. The van der Waals surface area contributed by atoms with Gasteiger partial charge in [0.1, 0.15) is 0 Å². The van der Waals surface area contributed by atoms with Crippen LogP contribution in [0.5, 0.6) is 0 Å². The van der Waals surface area contributed by atoms with Gasteiger partial charge in [-0.15, -0.1) is 0 Å². The first-order valence-corrected chi connectivity index (χ1v) is 7.34. The van der Waals surface area contributed by atoms with Crippen molar-refractivity contribution in [2.24, 2.45) is 11.8 Å². The maximum Gasteiger partial charge on any atom is 0.220 e. The van der Waals surface area contributed by atoms with Gasteiger partial charge < -0.3 is 15.4 Å². The number of carbonyl (C=O) groups is 1. The predicted molar refractivity (Wildman–Crippen MR) is 71.4 cm³/mol. The maximum absolute atomic E-state index is 11.8. The molecule has 1 amide bonds. The maximum atomic E-state index is 11.8. The third-order valence-electron chi connectivity index (χ3n) is 4.27. The Morgan fingerprint density at radius 1 is 1.44 bits per heavy atom. The first-order chi connectivity index (χ1) is 8.75. The van der Waals surface area contributed by atoms with Gasteiger partial charge in [0.05, 0.1) is 6.10 Å². The Balaban J connectivity index is 1.58. The van der Waals surface area contributed by atoms with E-state index in [9.17, 15) is 4.79 Å². The lowest BCUT2D eigenvalue weighted by molar-refractivity contribution is -0.122. The van der Waals surface area contributed by atoms with E-state index in [4.69, 9.17) is 4.74 Å². The van der Waals surface area contributed by atoms with Crippen molar-refractivity contribution < 1.29 is 9.53 Å². The van der Waals surface area contributed by atoms with Crippen LogP contribution in [-0.4, -0.2) is 38.3 Å². The predicted octanol–water partition coefficient (Wildman–Crippen LogP) is 1.31. The number of hydrogen-bond acceptors (Lipinski definition) is 3. The van der Waals surface area contributed by atoms with Crippen molar-refractivity contribution >= 4 is 5.91 Å². The van der Waals surface area contributed by atoms with Crippen molar-refractivity contribution in [3.8, 4) is 0 Å². The Morgan fingerprint density at radius 2 is 2.33 bits per heavy atom. The van der Waals surface area contributed by atoms with Gasteiger partial charge in [-0.25, -0.2) is 0 Å². The molecule has 2 heterocycles. The summed E-state index contributed by atoms with van der Waals surface area (Å²) in [5.74, 6) is 1.48. The van der Waals surface area contributed by atoms with Crippen molar-refractivity contribution in [3.63, 3.8) is 0 Å². The molecule has 2 fully saturated rings. The van der Waals surface area contributed by atoms with E-state index in [2.05, 4.69) is 17.6 Å². The highest BCUT2D eigenvalue weighted by molar-refractivity contribution is 5.75. The van der Waals surface area contributed by atoms with Gasteiger partial charge in [0, 0.05) is 19.6 Å². The van der Waals surface area contributed by atoms with E-state index in [1.807, 2.05) is 0 Å². The molecule has 4 heteroatoms. The van der Waals surface area contributed by atoms with Crippen LogP contribution in [0.1, 0.15) is 39.0 Å². The van der Waals surface area contributed by atoms with E-state index < -0.39 is 0 Å². The molecule has 18 heavy (non-hydrogen) atoms. The Labute approximate surface area is 110 Å². The van der Waals surface area contributed by atoms with Gasteiger partial charge in [0.15, 0.2) is 0 Å². The fourth-order valence-electron chi connectivity index (χ4n) is 2.82. The molecule has 3 unspecified atom stereocenters. The molecule has 3 atom stereocenters. The van der Waals surface area contributed by atoms with E-state index in [0.717, 1.165) is 45.5 Å². The zero-order valence-corrected chi connectivity index (χ0v) is 11.4. The van der Waals surface area contributed by atoms with E-state index in [1.165, 1.54) is 6.42 Å². The molecule has 0 spiro atoms. The summed E-state index contributed by atoms with van der Waals surface area (Å²) in [7, 11) is 0. The summed E-state index contributed by atoms with van der Waals surface area (Å²) >= 11 is 0. The number of rotatable bonds is 5. The van der Waals surface area contributed by atoms with Crippen LogP contribution in [0, 0.1) is 11.8 Å². The Hall–Kier alpha value is -0.610. The summed E-state index contributed by atoms with van der Waals surface area (Å²) < 4.78 is 5.52. The summed E-state index contributed by atoms with van der Waals surface area (Å²) in [4.78, 5) is 11.8. The highest BCUT2D eigenvalue weighted by Gasteiger charge is 2.22. The van der Waals surface area contributed by atoms with Crippen LogP contribution in [0.25, 0.3) is 0 Å². The second kappa shape index (κ2) is 7.10. The molecule has 2 N–H and O–H groups in total. The molecule has 2 aliphatic rings. The normalized spacial score (nSPS) is 32.4. The minimum atomic E-state index is 0.184. The molecule has 2 saturated heterocycles. The summed E-state index contributed by atoms with van der Waals surface area (Å²) in [5, 5.41) is 6.47. The van der Waals surface area contributed by atoms with Crippen LogP contribution in [0.3, 0.4) is 0 Å². The fraction of sp³-hybridized carbons (Fsp3) is 0.929. The Bertz CT molecular complexity index is 265. The standard InChI is InChI=1S/C14H26N2O2/c1-11-6-7-15-9-12(11)10-16-14(17)5-4-13-3-2-8-18-13/h11-13,15H,2-10H2,1H3,(H,16,17).